The summed E-state index contributed by atoms with van der Waals surface area (Å²) < 4.78 is 0. The summed E-state index contributed by atoms with van der Waals surface area (Å²) >= 11 is 1.66. The van der Waals surface area contributed by atoms with Crippen molar-refractivity contribution in [1.29, 1.82) is 0 Å². The number of carbonyl (C=O) groups is 1. The van der Waals surface area contributed by atoms with E-state index in [4.69, 9.17) is 5.11 Å². The third-order valence-electron chi connectivity index (χ3n) is 1.68. The van der Waals surface area contributed by atoms with Crippen LogP contribution in [0.4, 0.5) is 0 Å². The minimum atomic E-state index is 0.0536. The molecule has 0 aromatic rings. The van der Waals surface area contributed by atoms with Gasteiger partial charge < -0.3 is 10.0 Å². The number of carbonyl (C=O) groups excluding carboxylic acids is 1. The highest BCUT2D eigenvalue weighted by atomic mass is 32.2. The molecule has 0 fully saturated rings. The first kappa shape index (κ1) is 12.8. The molecule has 0 heterocycles. The lowest BCUT2D eigenvalue weighted by Gasteiger charge is -2.19. The van der Waals surface area contributed by atoms with E-state index in [0.717, 1.165) is 12.2 Å². The Balaban J connectivity index is 3.64. The molecule has 0 saturated carbocycles. The highest BCUT2D eigenvalue weighted by Crippen LogP contribution is 2.03. The van der Waals surface area contributed by atoms with Crippen molar-refractivity contribution in [2.24, 2.45) is 0 Å². The average molecular weight is 205 g/mol. The van der Waals surface area contributed by atoms with Crippen LogP contribution >= 0.6 is 11.8 Å². The van der Waals surface area contributed by atoms with Gasteiger partial charge >= 0.3 is 0 Å². The van der Waals surface area contributed by atoms with E-state index in [1.54, 1.807) is 16.7 Å². The van der Waals surface area contributed by atoms with Gasteiger partial charge in [-0.05, 0) is 19.1 Å². The summed E-state index contributed by atoms with van der Waals surface area (Å²) in [5, 5.41) is 8.69. The van der Waals surface area contributed by atoms with Gasteiger partial charge in [-0.3, -0.25) is 4.79 Å². The normalized spacial score (nSPS) is 10.1. The summed E-state index contributed by atoms with van der Waals surface area (Å²) in [5.41, 5.74) is 0. The fourth-order valence-electron chi connectivity index (χ4n) is 0.975. The SMILES string of the molecule is CCCSCC(=O)N(CC)CCO. The molecule has 13 heavy (non-hydrogen) atoms. The van der Waals surface area contributed by atoms with Crippen molar-refractivity contribution in [2.45, 2.75) is 20.3 Å². The van der Waals surface area contributed by atoms with Crippen LogP contribution in [0.25, 0.3) is 0 Å². The lowest BCUT2D eigenvalue weighted by Crippen LogP contribution is -2.34. The molecular formula is C9H19NO2S. The van der Waals surface area contributed by atoms with E-state index in [0.29, 0.717) is 18.8 Å². The number of hydrogen-bond donors (Lipinski definition) is 1. The molecule has 0 aliphatic rings. The second-order valence-corrected chi connectivity index (χ2v) is 3.85. The third kappa shape index (κ3) is 5.93. The van der Waals surface area contributed by atoms with Crippen molar-refractivity contribution in [1.82, 2.24) is 4.90 Å². The van der Waals surface area contributed by atoms with Gasteiger partial charge in [0, 0.05) is 13.1 Å². The van der Waals surface area contributed by atoms with Crippen LogP contribution in [0.1, 0.15) is 20.3 Å². The van der Waals surface area contributed by atoms with Crippen LogP contribution in [-0.2, 0) is 4.79 Å². The molecule has 3 nitrogen and oxygen atoms in total. The lowest BCUT2D eigenvalue weighted by atomic mass is 10.5. The Hall–Kier alpha value is -0.220. The maximum absolute atomic E-state index is 11.4. The van der Waals surface area contributed by atoms with Crippen molar-refractivity contribution in [3.8, 4) is 0 Å². The van der Waals surface area contributed by atoms with Crippen molar-refractivity contribution >= 4 is 17.7 Å². The van der Waals surface area contributed by atoms with E-state index in [1.165, 1.54) is 0 Å². The molecule has 0 spiro atoms. The van der Waals surface area contributed by atoms with Crippen molar-refractivity contribution < 1.29 is 9.90 Å². The van der Waals surface area contributed by atoms with Crippen LogP contribution in [0.5, 0.6) is 0 Å². The van der Waals surface area contributed by atoms with Crippen LogP contribution in [0.3, 0.4) is 0 Å². The van der Waals surface area contributed by atoms with Crippen LogP contribution < -0.4 is 0 Å². The highest BCUT2D eigenvalue weighted by Gasteiger charge is 2.09. The second-order valence-electron chi connectivity index (χ2n) is 2.75. The van der Waals surface area contributed by atoms with Crippen LogP contribution in [0.15, 0.2) is 0 Å². The molecule has 0 saturated heterocycles. The summed E-state index contributed by atoms with van der Waals surface area (Å²) in [6.45, 7) is 5.23. The first-order chi connectivity index (χ1) is 6.26. The fourth-order valence-corrected chi connectivity index (χ4v) is 1.77. The zero-order valence-corrected chi connectivity index (χ0v) is 9.27. The summed E-state index contributed by atoms with van der Waals surface area (Å²) in [6.07, 6.45) is 1.10. The first-order valence-corrected chi connectivity index (χ1v) is 5.88. The quantitative estimate of drug-likeness (QED) is 0.630. The Morgan fingerprint density at radius 2 is 2.15 bits per heavy atom. The molecule has 1 amide bonds. The van der Waals surface area contributed by atoms with E-state index in [1.807, 2.05) is 6.92 Å². The number of thioether (sulfide) groups is 1. The molecule has 0 unspecified atom stereocenters. The lowest BCUT2D eigenvalue weighted by molar-refractivity contribution is -0.128. The number of aliphatic hydroxyl groups excluding tert-OH is 1. The van der Waals surface area contributed by atoms with E-state index in [2.05, 4.69) is 6.92 Å². The highest BCUT2D eigenvalue weighted by molar-refractivity contribution is 7.99. The number of nitrogens with zero attached hydrogens (tertiary/aromatic N) is 1. The summed E-state index contributed by atoms with van der Waals surface area (Å²) in [7, 11) is 0. The fraction of sp³-hybridized carbons (Fsp3) is 0.889. The zero-order valence-electron chi connectivity index (χ0n) is 8.45. The number of aliphatic hydroxyl groups is 1. The first-order valence-electron chi connectivity index (χ1n) is 4.72. The molecular weight excluding hydrogens is 186 g/mol. The van der Waals surface area contributed by atoms with Crippen molar-refractivity contribution in [3.05, 3.63) is 0 Å². The van der Waals surface area contributed by atoms with Gasteiger partial charge in [0.2, 0.25) is 5.91 Å². The standard InChI is InChI=1S/C9H19NO2S/c1-3-7-13-8-9(12)10(4-2)5-6-11/h11H,3-8H2,1-2H3. The van der Waals surface area contributed by atoms with Crippen LogP contribution in [0, 0.1) is 0 Å². The minimum absolute atomic E-state index is 0.0536. The van der Waals surface area contributed by atoms with E-state index in [-0.39, 0.29) is 12.5 Å². The Morgan fingerprint density at radius 1 is 1.46 bits per heavy atom. The Bertz CT molecular complexity index is 142. The van der Waals surface area contributed by atoms with Crippen molar-refractivity contribution in [2.75, 3.05) is 31.2 Å². The zero-order chi connectivity index (χ0) is 10.1. The molecule has 0 aromatic carbocycles. The van der Waals surface area contributed by atoms with Crippen LogP contribution in [-0.4, -0.2) is 47.1 Å². The van der Waals surface area contributed by atoms with Gasteiger partial charge in [0.05, 0.1) is 12.4 Å². The summed E-state index contributed by atoms with van der Waals surface area (Å²) in [5.74, 6) is 1.71. The molecule has 78 valence electrons. The van der Waals surface area contributed by atoms with E-state index < -0.39 is 0 Å². The number of amides is 1. The molecule has 0 aromatic heterocycles. The molecule has 0 rings (SSSR count). The molecule has 0 aliphatic carbocycles. The topological polar surface area (TPSA) is 40.5 Å². The minimum Gasteiger partial charge on any atom is -0.395 e. The van der Waals surface area contributed by atoms with Crippen LogP contribution in [0.2, 0.25) is 0 Å². The Kier molecular flexibility index (Phi) is 8.24. The molecule has 4 heteroatoms. The largest absolute Gasteiger partial charge is 0.395 e. The van der Waals surface area contributed by atoms with Gasteiger partial charge in [0.1, 0.15) is 0 Å². The summed E-state index contributed by atoms with van der Waals surface area (Å²) in [6, 6.07) is 0. The molecule has 0 atom stereocenters. The molecule has 1 N–H and O–H groups in total. The van der Waals surface area contributed by atoms with Crippen molar-refractivity contribution in [3.63, 3.8) is 0 Å². The third-order valence-corrected chi connectivity index (χ3v) is 2.83. The molecule has 0 aliphatic heterocycles. The average Bonchev–Trinajstić information content (AvgIpc) is 2.14. The molecule has 0 radical (unpaired) electrons. The summed E-state index contributed by atoms with van der Waals surface area (Å²) in [4.78, 5) is 13.1. The number of hydrogen-bond acceptors (Lipinski definition) is 3. The Morgan fingerprint density at radius 3 is 2.62 bits per heavy atom. The van der Waals surface area contributed by atoms with Gasteiger partial charge in [-0.2, -0.15) is 11.8 Å². The smallest absolute Gasteiger partial charge is 0.232 e. The van der Waals surface area contributed by atoms with Gasteiger partial charge in [-0.1, -0.05) is 6.92 Å². The van der Waals surface area contributed by atoms with Gasteiger partial charge in [0.25, 0.3) is 0 Å². The van der Waals surface area contributed by atoms with E-state index in [9.17, 15) is 4.79 Å². The maximum Gasteiger partial charge on any atom is 0.232 e. The monoisotopic (exact) mass is 205 g/mol. The van der Waals surface area contributed by atoms with Gasteiger partial charge in [-0.25, -0.2) is 0 Å². The molecule has 0 bridgehead atoms. The maximum atomic E-state index is 11.4. The van der Waals surface area contributed by atoms with E-state index >= 15 is 0 Å². The predicted octanol–water partition coefficient (Wildman–Crippen LogP) is 0.970. The second kappa shape index (κ2) is 8.38. The van der Waals surface area contributed by atoms with Gasteiger partial charge in [0.15, 0.2) is 0 Å². The van der Waals surface area contributed by atoms with Gasteiger partial charge in [-0.15, -0.1) is 0 Å². The predicted molar refractivity (Wildman–Crippen MR) is 57.0 cm³/mol. The number of likely N-dealkylation sites (N-methyl/N-ethyl adjacent to an activating group) is 1. The Labute approximate surface area is 84.5 Å². The number of rotatable bonds is 7.